The van der Waals surface area contributed by atoms with Gasteiger partial charge in [0.15, 0.2) is 0 Å². The second-order valence-corrected chi connectivity index (χ2v) is 10.5. The largest absolute Gasteiger partial charge is 0.411 e. The average Bonchev–Trinajstić information content (AvgIpc) is 3.16. The first-order valence-corrected chi connectivity index (χ1v) is 12.5. The average molecular weight is 457 g/mol. The van der Waals surface area contributed by atoms with Crippen molar-refractivity contribution < 1.29 is 10.0 Å². The van der Waals surface area contributed by atoms with Crippen molar-refractivity contribution in [2.75, 3.05) is 5.32 Å². The van der Waals surface area contributed by atoms with E-state index in [4.69, 9.17) is 5.26 Å². The minimum atomic E-state index is -0.0536. The summed E-state index contributed by atoms with van der Waals surface area (Å²) < 4.78 is 0. The molecule has 5 rings (SSSR count). The van der Waals surface area contributed by atoms with E-state index in [0.29, 0.717) is 41.5 Å². The van der Waals surface area contributed by atoms with Crippen LogP contribution in [0, 0.1) is 34.5 Å². The summed E-state index contributed by atoms with van der Waals surface area (Å²) >= 11 is 0. The Balaban J connectivity index is 1.26. The van der Waals surface area contributed by atoms with Gasteiger partial charge in [0, 0.05) is 18.0 Å². The number of carbonyl (C=O) groups is 1. The topological polar surface area (TPSA) is 98.4 Å². The molecule has 34 heavy (non-hydrogen) atoms. The molecule has 0 bridgehead atoms. The zero-order valence-corrected chi connectivity index (χ0v) is 19.7. The third kappa shape index (κ3) is 3.98. The molecule has 0 spiro atoms. The van der Waals surface area contributed by atoms with Gasteiger partial charge < -0.3 is 10.5 Å². The SMILES string of the molecule is C[C@]12CCC3c4ccccc4CCC3C1[C@H](CCCC(=O)Nc1ccc(C#N)cn1)C/C2=N\O. The molecule has 3 aliphatic rings. The Labute approximate surface area is 201 Å². The molecule has 2 aromatic rings. The normalized spacial score (nSPS) is 30.6. The lowest BCUT2D eigenvalue weighted by Crippen LogP contribution is -2.44. The van der Waals surface area contributed by atoms with Crippen LogP contribution < -0.4 is 5.32 Å². The monoisotopic (exact) mass is 456 g/mol. The summed E-state index contributed by atoms with van der Waals surface area (Å²) in [6.45, 7) is 2.31. The Morgan fingerprint density at radius 3 is 2.91 bits per heavy atom. The molecule has 0 aliphatic heterocycles. The van der Waals surface area contributed by atoms with Crippen LogP contribution in [-0.4, -0.2) is 21.8 Å². The maximum Gasteiger partial charge on any atom is 0.225 e. The van der Waals surface area contributed by atoms with E-state index >= 15 is 0 Å². The highest BCUT2D eigenvalue weighted by Gasteiger charge is 2.57. The van der Waals surface area contributed by atoms with Crippen molar-refractivity contribution in [3.8, 4) is 6.07 Å². The molecule has 6 nitrogen and oxygen atoms in total. The smallest absolute Gasteiger partial charge is 0.225 e. The molecule has 0 radical (unpaired) electrons. The highest BCUT2D eigenvalue weighted by molar-refractivity contribution is 5.92. The number of nitrogens with one attached hydrogen (secondary N) is 1. The summed E-state index contributed by atoms with van der Waals surface area (Å²) in [5.41, 5.74) is 4.43. The molecular formula is C28H32N4O2. The molecule has 1 amide bonds. The number of oxime groups is 1. The highest BCUT2D eigenvalue weighted by Crippen LogP contribution is 2.62. The Bertz CT molecular complexity index is 1140. The summed E-state index contributed by atoms with van der Waals surface area (Å²) in [5, 5.41) is 25.4. The Hall–Kier alpha value is -3.20. The van der Waals surface area contributed by atoms with Gasteiger partial charge in [0.05, 0.1) is 11.3 Å². The molecule has 1 aromatic carbocycles. The lowest BCUT2D eigenvalue weighted by atomic mass is 9.54. The van der Waals surface area contributed by atoms with Crippen molar-refractivity contribution in [2.24, 2.45) is 28.3 Å². The summed E-state index contributed by atoms with van der Waals surface area (Å²) in [7, 11) is 0. The van der Waals surface area contributed by atoms with Crippen LogP contribution in [-0.2, 0) is 11.2 Å². The van der Waals surface area contributed by atoms with Gasteiger partial charge in [-0.2, -0.15) is 5.26 Å². The number of anilines is 1. The minimum Gasteiger partial charge on any atom is -0.411 e. The number of benzene rings is 1. The second kappa shape index (κ2) is 9.21. The van der Waals surface area contributed by atoms with E-state index in [-0.39, 0.29) is 11.3 Å². The van der Waals surface area contributed by atoms with Gasteiger partial charge in [-0.3, -0.25) is 4.79 Å². The first-order chi connectivity index (χ1) is 16.5. The van der Waals surface area contributed by atoms with E-state index in [1.54, 1.807) is 12.1 Å². The van der Waals surface area contributed by atoms with Crippen LogP contribution in [0.1, 0.15) is 74.5 Å². The fourth-order valence-electron chi connectivity index (χ4n) is 7.29. The predicted octanol–water partition coefficient (Wildman–Crippen LogP) is 5.67. The van der Waals surface area contributed by atoms with Crippen molar-refractivity contribution in [3.63, 3.8) is 0 Å². The summed E-state index contributed by atoms with van der Waals surface area (Å²) in [6.07, 6.45) is 9.03. The maximum atomic E-state index is 12.5. The van der Waals surface area contributed by atoms with Crippen LogP contribution in [0.5, 0.6) is 0 Å². The number of rotatable bonds is 5. The van der Waals surface area contributed by atoms with E-state index in [2.05, 4.69) is 46.6 Å². The molecule has 176 valence electrons. The van der Waals surface area contributed by atoms with Crippen molar-refractivity contribution in [1.82, 2.24) is 4.98 Å². The molecule has 2 N–H and O–H groups in total. The Kier molecular flexibility index (Phi) is 6.12. The predicted molar refractivity (Wildman–Crippen MR) is 131 cm³/mol. The van der Waals surface area contributed by atoms with Crippen LogP contribution in [0.2, 0.25) is 0 Å². The van der Waals surface area contributed by atoms with Crippen molar-refractivity contribution in [3.05, 3.63) is 59.3 Å². The Morgan fingerprint density at radius 2 is 2.15 bits per heavy atom. The number of fused-ring (bicyclic) bond motifs is 5. The van der Waals surface area contributed by atoms with Gasteiger partial charge in [-0.25, -0.2) is 4.98 Å². The maximum absolute atomic E-state index is 12.5. The van der Waals surface area contributed by atoms with Gasteiger partial charge in [0.25, 0.3) is 0 Å². The van der Waals surface area contributed by atoms with Crippen molar-refractivity contribution >= 4 is 17.4 Å². The number of hydrogen-bond donors (Lipinski definition) is 2. The van der Waals surface area contributed by atoms with E-state index in [1.165, 1.54) is 23.7 Å². The van der Waals surface area contributed by atoms with Crippen LogP contribution >= 0.6 is 0 Å². The first-order valence-electron chi connectivity index (χ1n) is 12.5. The number of aromatic nitrogens is 1. The van der Waals surface area contributed by atoms with Gasteiger partial charge >= 0.3 is 0 Å². The van der Waals surface area contributed by atoms with Gasteiger partial charge in [0.1, 0.15) is 11.9 Å². The van der Waals surface area contributed by atoms with Crippen molar-refractivity contribution in [1.29, 1.82) is 5.26 Å². The fraction of sp³-hybridized carbons (Fsp3) is 0.500. The molecule has 1 heterocycles. The van der Waals surface area contributed by atoms with Gasteiger partial charge in [-0.15, -0.1) is 0 Å². The third-order valence-electron chi connectivity index (χ3n) is 8.77. The number of hydrogen-bond acceptors (Lipinski definition) is 5. The number of carbonyl (C=O) groups excluding carboxylic acids is 1. The van der Waals surface area contributed by atoms with Crippen molar-refractivity contribution in [2.45, 2.75) is 64.2 Å². The van der Waals surface area contributed by atoms with Gasteiger partial charge in [-0.05, 0) is 91.9 Å². The highest BCUT2D eigenvalue weighted by atomic mass is 16.4. The fourth-order valence-corrected chi connectivity index (χ4v) is 7.29. The lowest BCUT2D eigenvalue weighted by Gasteiger charge is -2.50. The summed E-state index contributed by atoms with van der Waals surface area (Å²) in [5.74, 6) is 2.55. The van der Waals surface area contributed by atoms with Crippen LogP contribution in [0.4, 0.5) is 5.82 Å². The molecule has 2 saturated carbocycles. The Morgan fingerprint density at radius 1 is 1.29 bits per heavy atom. The number of aryl methyl sites for hydroxylation is 1. The summed E-state index contributed by atoms with van der Waals surface area (Å²) in [6, 6.07) is 14.3. The zero-order chi connectivity index (χ0) is 23.7. The molecular weight excluding hydrogens is 424 g/mol. The molecule has 2 fully saturated rings. The lowest BCUT2D eigenvalue weighted by molar-refractivity contribution is -0.116. The van der Waals surface area contributed by atoms with E-state index in [9.17, 15) is 10.0 Å². The number of nitriles is 1. The molecule has 3 aliphatic carbocycles. The molecule has 3 unspecified atom stereocenters. The second-order valence-electron chi connectivity index (χ2n) is 10.5. The zero-order valence-electron chi connectivity index (χ0n) is 19.7. The van der Waals surface area contributed by atoms with Gasteiger partial charge in [0.2, 0.25) is 5.91 Å². The first kappa shape index (κ1) is 22.6. The number of nitrogens with zero attached hydrogens (tertiary/aromatic N) is 3. The van der Waals surface area contributed by atoms with Crippen LogP contribution in [0.3, 0.4) is 0 Å². The molecule has 5 atom stereocenters. The minimum absolute atomic E-state index is 0.0401. The van der Waals surface area contributed by atoms with E-state index in [1.807, 2.05) is 6.07 Å². The molecule has 0 saturated heterocycles. The van der Waals surface area contributed by atoms with Crippen LogP contribution in [0.15, 0.2) is 47.8 Å². The molecule has 6 heteroatoms. The standard InChI is InChI=1S/C28H32N4O2/c1-28-14-13-22-21-7-3-2-5-19(21)10-11-23(22)27(28)20(15-24(28)32-34)6-4-8-26(33)31-25-12-9-18(16-29)17-30-25/h2-3,5,7,9,12,17,20,22-23,27,34H,4,6,8,10-11,13-15H2,1H3,(H,30,31,33)/b32-24+/t20-,22?,23?,27?,28-/m1/s1. The summed E-state index contributed by atoms with van der Waals surface area (Å²) in [4.78, 5) is 16.6. The van der Waals surface area contributed by atoms with Gasteiger partial charge in [-0.1, -0.05) is 36.3 Å². The quantitative estimate of drug-likeness (QED) is 0.447. The number of amides is 1. The van der Waals surface area contributed by atoms with E-state index < -0.39 is 0 Å². The third-order valence-corrected chi connectivity index (χ3v) is 8.77. The van der Waals surface area contributed by atoms with E-state index in [0.717, 1.165) is 44.2 Å². The van der Waals surface area contributed by atoms with Crippen LogP contribution in [0.25, 0.3) is 0 Å². The number of pyridine rings is 1. The molecule has 1 aromatic heterocycles.